The molecule has 0 spiro atoms. The van der Waals surface area contributed by atoms with Crippen molar-refractivity contribution in [1.29, 1.82) is 0 Å². The number of carbonyl (C=O) groups excluding carboxylic acids is 1. The van der Waals surface area contributed by atoms with Crippen LogP contribution in [0.2, 0.25) is 0 Å². The van der Waals surface area contributed by atoms with Gasteiger partial charge in [0.15, 0.2) is 17.3 Å². The first-order chi connectivity index (χ1) is 14.1. The lowest BCUT2D eigenvalue weighted by atomic mass is 9.74. The van der Waals surface area contributed by atoms with Gasteiger partial charge in [-0.2, -0.15) is 0 Å². The second-order valence-electron chi connectivity index (χ2n) is 7.29. The molecular weight excluding hydrogens is 390 g/mol. The highest BCUT2D eigenvalue weighted by molar-refractivity contribution is 7.10. The maximum Gasteiger partial charge on any atom is 0.270 e. The number of allylic oxidation sites excluding steroid dienone is 2. The summed E-state index contributed by atoms with van der Waals surface area (Å²) in [5.74, 6) is 0.458. The second kappa shape index (κ2) is 6.66. The molecule has 3 aromatic rings. The Morgan fingerprint density at radius 3 is 2.76 bits per heavy atom. The van der Waals surface area contributed by atoms with E-state index in [9.17, 15) is 14.7 Å². The second-order valence-corrected chi connectivity index (χ2v) is 8.27. The van der Waals surface area contributed by atoms with Crippen LogP contribution >= 0.6 is 11.3 Å². The topological polar surface area (TPSA) is 107 Å². The van der Waals surface area contributed by atoms with Crippen LogP contribution in [0.1, 0.15) is 40.7 Å². The average Bonchev–Trinajstić information content (AvgIpc) is 3.37. The summed E-state index contributed by atoms with van der Waals surface area (Å²) in [5, 5.41) is 21.1. The number of hydrogen-bond acceptors (Lipinski definition) is 6. The third kappa shape index (κ3) is 2.79. The number of phenols is 1. The van der Waals surface area contributed by atoms with Crippen LogP contribution in [0.4, 0.5) is 5.82 Å². The zero-order valence-corrected chi connectivity index (χ0v) is 16.4. The molecule has 4 N–H and O–H groups in total. The molecule has 2 aromatic heterocycles. The van der Waals surface area contributed by atoms with Gasteiger partial charge >= 0.3 is 0 Å². The minimum Gasteiger partial charge on any atom is -0.504 e. The number of anilines is 1. The summed E-state index contributed by atoms with van der Waals surface area (Å²) in [7, 11) is 1.48. The molecule has 5 rings (SSSR count). The van der Waals surface area contributed by atoms with Gasteiger partial charge in [0.05, 0.1) is 12.7 Å². The van der Waals surface area contributed by atoms with Gasteiger partial charge in [-0.15, -0.1) is 11.3 Å². The molecule has 1 aliphatic heterocycles. The number of carbonyl (C=O) groups is 1. The lowest BCUT2D eigenvalue weighted by Crippen LogP contribution is -2.31. The van der Waals surface area contributed by atoms with Gasteiger partial charge in [0.25, 0.3) is 5.56 Å². The van der Waals surface area contributed by atoms with Gasteiger partial charge in [-0.25, -0.2) is 0 Å². The van der Waals surface area contributed by atoms with Crippen molar-refractivity contribution in [2.24, 2.45) is 0 Å². The van der Waals surface area contributed by atoms with Gasteiger partial charge in [0.1, 0.15) is 5.82 Å². The molecule has 29 heavy (non-hydrogen) atoms. The molecule has 0 radical (unpaired) electrons. The lowest BCUT2D eigenvalue weighted by Gasteiger charge is -2.34. The summed E-state index contributed by atoms with van der Waals surface area (Å²) in [6.45, 7) is 0. The van der Waals surface area contributed by atoms with E-state index in [-0.39, 0.29) is 23.0 Å². The minimum atomic E-state index is -0.551. The van der Waals surface area contributed by atoms with E-state index in [0.717, 1.165) is 5.70 Å². The molecule has 3 heterocycles. The van der Waals surface area contributed by atoms with Crippen molar-refractivity contribution in [2.75, 3.05) is 12.4 Å². The molecule has 1 aromatic carbocycles. The first-order valence-electron chi connectivity index (χ1n) is 9.31. The number of Topliss-reactive ketones (excluding diaryl/α,β-unsaturated/α-hetero) is 1. The first kappa shape index (κ1) is 17.8. The average molecular weight is 409 g/mol. The van der Waals surface area contributed by atoms with E-state index >= 15 is 0 Å². The van der Waals surface area contributed by atoms with Crippen molar-refractivity contribution < 1.29 is 14.6 Å². The van der Waals surface area contributed by atoms with E-state index in [1.165, 1.54) is 12.0 Å². The molecule has 0 unspecified atom stereocenters. The predicted octanol–water partition coefficient (Wildman–Crippen LogP) is 3.44. The number of phenolic OH excluding ortho intramolecular Hbond substituents is 1. The SMILES string of the molecule is COc1ccc([C@H]2C3=C(C[C@H](c4cccs4)CC3=O)Nc3[nH][nH]c(=O)c32)cc1O. The number of aromatic nitrogens is 2. The predicted molar refractivity (Wildman–Crippen MR) is 110 cm³/mol. The van der Waals surface area contributed by atoms with Crippen molar-refractivity contribution in [1.82, 2.24) is 10.2 Å². The van der Waals surface area contributed by atoms with E-state index in [4.69, 9.17) is 4.74 Å². The third-order valence-electron chi connectivity index (χ3n) is 5.66. The first-order valence-corrected chi connectivity index (χ1v) is 10.2. The maximum absolute atomic E-state index is 13.3. The Balaban J connectivity index is 1.65. The van der Waals surface area contributed by atoms with Gasteiger partial charge in [-0.1, -0.05) is 12.1 Å². The van der Waals surface area contributed by atoms with Gasteiger partial charge in [-0.3, -0.25) is 19.8 Å². The molecule has 0 saturated carbocycles. The summed E-state index contributed by atoms with van der Waals surface area (Å²) in [6.07, 6.45) is 1.09. The number of H-pyrrole nitrogens is 2. The number of methoxy groups -OCH3 is 1. The van der Waals surface area contributed by atoms with Gasteiger partial charge in [0, 0.05) is 34.4 Å². The number of ketones is 1. The molecule has 2 atom stereocenters. The zero-order chi connectivity index (χ0) is 20.1. The summed E-state index contributed by atoms with van der Waals surface area (Å²) in [4.78, 5) is 27.0. The fourth-order valence-corrected chi connectivity index (χ4v) is 5.20. The lowest BCUT2D eigenvalue weighted by molar-refractivity contribution is -0.116. The van der Waals surface area contributed by atoms with Crippen molar-refractivity contribution >= 4 is 22.9 Å². The van der Waals surface area contributed by atoms with Crippen LogP contribution in [-0.2, 0) is 4.79 Å². The zero-order valence-electron chi connectivity index (χ0n) is 15.6. The largest absolute Gasteiger partial charge is 0.504 e. The van der Waals surface area contributed by atoms with E-state index in [2.05, 4.69) is 21.6 Å². The molecule has 148 valence electrons. The van der Waals surface area contributed by atoms with E-state index in [1.807, 2.05) is 11.4 Å². The molecule has 0 bridgehead atoms. The highest BCUT2D eigenvalue weighted by Crippen LogP contribution is 2.47. The normalized spacial score (nSPS) is 20.8. The van der Waals surface area contributed by atoms with Crippen LogP contribution in [0, 0.1) is 0 Å². The molecule has 0 fully saturated rings. The highest BCUT2D eigenvalue weighted by atomic mass is 32.1. The monoisotopic (exact) mass is 409 g/mol. The number of nitrogens with one attached hydrogen (secondary N) is 3. The number of hydrogen-bond donors (Lipinski definition) is 4. The fraction of sp³-hybridized carbons (Fsp3) is 0.238. The van der Waals surface area contributed by atoms with Gasteiger partial charge in [0.2, 0.25) is 0 Å². The Hall–Kier alpha value is -3.26. The number of benzene rings is 1. The summed E-state index contributed by atoms with van der Waals surface area (Å²) in [6, 6.07) is 9.05. The summed E-state index contributed by atoms with van der Waals surface area (Å²) in [5.41, 5.74) is 2.26. The minimum absolute atomic E-state index is 0.0173. The Morgan fingerprint density at radius 1 is 1.17 bits per heavy atom. The Labute approximate surface area is 170 Å². The molecule has 1 aliphatic carbocycles. The maximum atomic E-state index is 13.3. The van der Waals surface area contributed by atoms with Crippen LogP contribution in [0.3, 0.4) is 0 Å². The van der Waals surface area contributed by atoms with Crippen LogP contribution < -0.4 is 15.6 Å². The fourth-order valence-electron chi connectivity index (χ4n) is 4.37. The van der Waals surface area contributed by atoms with E-state index < -0.39 is 5.92 Å². The standard InChI is InChI=1S/C21H19N3O4S/c1-28-15-5-4-10(8-13(15)25)17-18-12(22-20-19(17)21(27)24-23-20)7-11(9-14(18)26)16-3-2-6-29-16/h2-6,8,11,17,25H,7,9H2,1H3,(H3,22,23,24,27)/t11-,17-/m0/s1. The molecule has 8 heteroatoms. The summed E-state index contributed by atoms with van der Waals surface area (Å²) >= 11 is 1.65. The highest BCUT2D eigenvalue weighted by Gasteiger charge is 2.40. The quantitative estimate of drug-likeness (QED) is 0.530. The number of thiophene rings is 1. The van der Waals surface area contributed by atoms with Crippen LogP contribution in [0.5, 0.6) is 11.5 Å². The molecule has 0 amide bonds. The van der Waals surface area contributed by atoms with Crippen molar-refractivity contribution in [2.45, 2.75) is 24.7 Å². The Bertz CT molecular complexity index is 1190. The van der Waals surface area contributed by atoms with Crippen molar-refractivity contribution in [3.63, 3.8) is 0 Å². The van der Waals surface area contributed by atoms with Crippen LogP contribution in [0.25, 0.3) is 0 Å². The van der Waals surface area contributed by atoms with Gasteiger partial charge in [-0.05, 0) is 35.6 Å². The number of ether oxygens (including phenoxy) is 1. The van der Waals surface area contributed by atoms with E-state index in [0.29, 0.717) is 41.1 Å². The molecule has 0 saturated heterocycles. The molecule has 7 nitrogen and oxygen atoms in total. The Kier molecular flexibility index (Phi) is 4.09. The van der Waals surface area contributed by atoms with Crippen LogP contribution in [0.15, 0.2) is 51.8 Å². The summed E-state index contributed by atoms with van der Waals surface area (Å²) < 4.78 is 5.13. The third-order valence-corrected chi connectivity index (χ3v) is 6.69. The Morgan fingerprint density at radius 2 is 2.03 bits per heavy atom. The number of aromatic hydroxyl groups is 1. The van der Waals surface area contributed by atoms with Gasteiger partial charge < -0.3 is 15.2 Å². The van der Waals surface area contributed by atoms with Crippen molar-refractivity contribution in [3.8, 4) is 11.5 Å². The number of rotatable bonds is 3. The molecule has 2 aliphatic rings. The van der Waals surface area contributed by atoms with E-state index in [1.54, 1.807) is 29.5 Å². The van der Waals surface area contributed by atoms with Crippen LogP contribution in [-0.4, -0.2) is 28.2 Å². The number of aromatic amines is 2. The smallest absolute Gasteiger partial charge is 0.270 e. The molecular formula is C21H19N3O4S. The number of fused-ring (bicyclic) bond motifs is 1. The van der Waals surface area contributed by atoms with Crippen molar-refractivity contribution in [3.05, 3.63) is 73.3 Å².